The molecule has 0 amide bonds. The van der Waals surface area contributed by atoms with E-state index in [1.807, 2.05) is 25.2 Å². The minimum absolute atomic E-state index is 0.0700. The van der Waals surface area contributed by atoms with Gasteiger partial charge in [0.25, 0.3) is 0 Å². The largest absolute Gasteiger partial charge is 0.462 e. The van der Waals surface area contributed by atoms with Crippen LogP contribution in [-0.2, 0) is 22.4 Å². The summed E-state index contributed by atoms with van der Waals surface area (Å²) in [5.74, 6) is 1.65. The number of esters is 1. The zero-order chi connectivity index (χ0) is 16.7. The van der Waals surface area contributed by atoms with E-state index in [2.05, 4.69) is 0 Å². The average molecular weight is 363 g/mol. The molecule has 0 spiro atoms. The molecule has 0 saturated heterocycles. The Labute approximate surface area is 150 Å². The fourth-order valence-corrected chi connectivity index (χ4v) is 5.37. The Kier molecular flexibility index (Phi) is 4.52. The molecule has 0 atom stereocenters. The van der Waals surface area contributed by atoms with Crippen LogP contribution in [0, 0.1) is 0 Å². The van der Waals surface area contributed by atoms with Gasteiger partial charge in [-0.3, -0.25) is 4.79 Å². The molecule has 2 aromatic heterocycles. The minimum Gasteiger partial charge on any atom is -0.462 e. The predicted molar refractivity (Wildman–Crippen MR) is 98.0 cm³/mol. The zero-order valence-electron chi connectivity index (χ0n) is 14.1. The number of thioether (sulfide) groups is 1. The van der Waals surface area contributed by atoms with E-state index in [1.54, 1.807) is 0 Å². The van der Waals surface area contributed by atoms with Crippen LogP contribution in [0.15, 0.2) is 5.03 Å². The summed E-state index contributed by atoms with van der Waals surface area (Å²) in [6, 6.07) is 0. The van der Waals surface area contributed by atoms with Crippen LogP contribution in [-0.4, -0.2) is 27.8 Å². The SMILES string of the molecule is CC(C)OC(=O)CSc1nc(C2CC2)nc2sc3c(c12)CCCC3. The highest BCUT2D eigenvalue weighted by atomic mass is 32.2. The van der Waals surface area contributed by atoms with Gasteiger partial charge in [-0.2, -0.15) is 0 Å². The second kappa shape index (κ2) is 6.64. The van der Waals surface area contributed by atoms with Crippen molar-refractivity contribution in [2.24, 2.45) is 0 Å². The third-order valence-corrected chi connectivity index (χ3v) is 6.57. The lowest BCUT2D eigenvalue weighted by Gasteiger charge is -2.12. The summed E-state index contributed by atoms with van der Waals surface area (Å²) < 4.78 is 5.27. The van der Waals surface area contributed by atoms with Crippen LogP contribution in [0.3, 0.4) is 0 Å². The molecule has 128 valence electrons. The van der Waals surface area contributed by atoms with Gasteiger partial charge >= 0.3 is 5.97 Å². The first-order chi connectivity index (χ1) is 11.6. The van der Waals surface area contributed by atoms with Crippen LogP contribution in [0.5, 0.6) is 0 Å². The Morgan fingerprint density at radius 2 is 2.08 bits per heavy atom. The van der Waals surface area contributed by atoms with Gasteiger partial charge in [0.05, 0.1) is 11.9 Å². The quantitative estimate of drug-likeness (QED) is 0.445. The van der Waals surface area contributed by atoms with E-state index in [0.29, 0.717) is 11.7 Å². The fourth-order valence-electron chi connectivity index (χ4n) is 3.19. The highest BCUT2D eigenvalue weighted by Crippen LogP contribution is 2.43. The molecular weight excluding hydrogens is 340 g/mol. The lowest BCUT2D eigenvalue weighted by molar-refractivity contribution is -0.144. The van der Waals surface area contributed by atoms with Crippen molar-refractivity contribution in [1.82, 2.24) is 9.97 Å². The van der Waals surface area contributed by atoms with Crippen LogP contribution in [0.25, 0.3) is 10.2 Å². The topological polar surface area (TPSA) is 52.1 Å². The van der Waals surface area contributed by atoms with Crippen molar-refractivity contribution in [3.8, 4) is 0 Å². The summed E-state index contributed by atoms with van der Waals surface area (Å²) >= 11 is 3.36. The van der Waals surface area contributed by atoms with Crippen LogP contribution < -0.4 is 0 Å². The molecule has 2 aliphatic carbocycles. The van der Waals surface area contributed by atoms with Gasteiger partial charge in [-0.05, 0) is 57.9 Å². The standard InChI is InChI=1S/C18H22N2O2S2/c1-10(2)22-14(21)9-23-17-15-12-5-3-4-6-13(12)24-18(15)20-16(19-17)11-7-8-11/h10-11H,3-9H2,1-2H3. The molecule has 2 aliphatic rings. The Morgan fingerprint density at radius 1 is 1.29 bits per heavy atom. The molecule has 0 unspecified atom stereocenters. The lowest BCUT2D eigenvalue weighted by Crippen LogP contribution is -2.13. The molecule has 4 rings (SSSR count). The van der Waals surface area contributed by atoms with Crippen molar-refractivity contribution in [2.45, 2.75) is 69.4 Å². The van der Waals surface area contributed by atoms with Gasteiger partial charge in [0.15, 0.2) is 0 Å². The number of fused-ring (bicyclic) bond motifs is 3. The van der Waals surface area contributed by atoms with Crippen molar-refractivity contribution in [3.05, 3.63) is 16.3 Å². The fraction of sp³-hybridized carbons (Fsp3) is 0.611. The number of carbonyl (C=O) groups excluding carboxylic acids is 1. The maximum Gasteiger partial charge on any atom is 0.316 e. The maximum atomic E-state index is 11.9. The number of thiophene rings is 1. The van der Waals surface area contributed by atoms with Gasteiger partial charge in [-0.25, -0.2) is 9.97 Å². The molecular formula is C18H22N2O2S2. The molecule has 4 nitrogen and oxygen atoms in total. The van der Waals surface area contributed by atoms with Gasteiger partial charge in [-0.1, -0.05) is 11.8 Å². The third-order valence-electron chi connectivity index (χ3n) is 4.44. The summed E-state index contributed by atoms with van der Waals surface area (Å²) in [6.45, 7) is 3.76. The molecule has 24 heavy (non-hydrogen) atoms. The molecule has 1 saturated carbocycles. The molecule has 0 aromatic carbocycles. The van der Waals surface area contributed by atoms with Crippen LogP contribution in [0.2, 0.25) is 0 Å². The molecule has 0 radical (unpaired) electrons. The number of hydrogen-bond acceptors (Lipinski definition) is 6. The smallest absolute Gasteiger partial charge is 0.316 e. The zero-order valence-corrected chi connectivity index (χ0v) is 15.8. The molecule has 1 fully saturated rings. The number of aryl methyl sites for hydroxylation is 2. The Morgan fingerprint density at radius 3 is 2.83 bits per heavy atom. The van der Waals surface area contributed by atoms with Crippen molar-refractivity contribution < 1.29 is 9.53 Å². The summed E-state index contributed by atoms with van der Waals surface area (Å²) in [4.78, 5) is 24.2. The first-order valence-electron chi connectivity index (χ1n) is 8.76. The Bertz CT molecular complexity index is 781. The molecule has 0 N–H and O–H groups in total. The molecule has 0 aliphatic heterocycles. The third kappa shape index (κ3) is 3.31. The van der Waals surface area contributed by atoms with E-state index in [4.69, 9.17) is 14.7 Å². The number of ether oxygens (including phenoxy) is 1. The number of rotatable bonds is 5. The summed E-state index contributed by atoms with van der Waals surface area (Å²) in [7, 11) is 0. The van der Waals surface area contributed by atoms with Gasteiger partial charge in [0.1, 0.15) is 15.7 Å². The maximum absolute atomic E-state index is 11.9. The van der Waals surface area contributed by atoms with E-state index in [1.165, 1.54) is 53.3 Å². The van der Waals surface area contributed by atoms with E-state index in [0.717, 1.165) is 28.5 Å². The highest BCUT2D eigenvalue weighted by Gasteiger charge is 2.29. The van der Waals surface area contributed by atoms with Crippen LogP contribution in [0.4, 0.5) is 0 Å². The van der Waals surface area contributed by atoms with Crippen LogP contribution >= 0.6 is 23.1 Å². The van der Waals surface area contributed by atoms with E-state index in [-0.39, 0.29) is 12.1 Å². The van der Waals surface area contributed by atoms with Gasteiger partial charge in [0.2, 0.25) is 0 Å². The Hall–Kier alpha value is -1.14. The van der Waals surface area contributed by atoms with E-state index < -0.39 is 0 Å². The van der Waals surface area contributed by atoms with Crippen molar-refractivity contribution in [3.63, 3.8) is 0 Å². The van der Waals surface area contributed by atoms with Gasteiger partial charge in [0, 0.05) is 16.2 Å². The van der Waals surface area contributed by atoms with Crippen molar-refractivity contribution in [1.29, 1.82) is 0 Å². The normalized spacial score (nSPS) is 17.3. The second-order valence-electron chi connectivity index (χ2n) is 6.88. The lowest BCUT2D eigenvalue weighted by atomic mass is 9.97. The molecule has 2 aromatic rings. The number of hydrogen-bond donors (Lipinski definition) is 0. The number of carbonyl (C=O) groups is 1. The predicted octanol–water partition coefficient (Wildman–Crippen LogP) is 4.49. The Balaban J connectivity index is 1.68. The van der Waals surface area contributed by atoms with E-state index in [9.17, 15) is 4.79 Å². The van der Waals surface area contributed by atoms with Crippen LogP contribution in [0.1, 0.15) is 61.7 Å². The number of nitrogens with zero attached hydrogens (tertiary/aromatic N) is 2. The van der Waals surface area contributed by atoms with Gasteiger partial charge in [-0.15, -0.1) is 11.3 Å². The summed E-state index contributed by atoms with van der Waals surface area (Å²) in [5, 5.41) is 2.20. The molecule has 6 heteroatoms. The first kappa shape index (κ1) is 16.3. The van der Waals surface area contributed by atoms with Crippen molar-refractivity contribution in [2.75, 3.05) is 5.75 Å². The van der Waals surface area contributed by atoms with Crippen molar-refractivity contribution >= 4 is 39.3 Å². The molecule has 0 bridgehead atoms. The summed E-state index contributed by atoms with van der Waals surface area (Å²) in [5.41, 5.74) is 1.43. The first-order valence-corrected chi connectivity index (χ1v) is 10.6. The van der Waals surface area contributed by atoms with Gasteiger partial charge < -0.3 is 4.74 Å². The monoisotopic (exact) mass is 362 g/mol. The highest BCUT2D eigenvalue weighted by molar-refractivity contribution is 8.00. The molecule has 2 heterocycles. The van der Waals surface area contributed by atoms with E-state index >= 15 is 0 Å². The number of aromatic nitrogens is 2. The second-order valence-corrected chi connectivity index (χ2v) is 8.93. The summed E-state index contributed by atoms with van der Waals surface area (Å²) in [6.07, 6.45) is 7.10. The minimum atomic E-state index is -0.168. The average Bonchev–Trinajstić information content (AvgIpc) is 3.32.